The highest BCUT2D eigenvalue weighted by atomic mass is 35.5. The Bertz CT molecular complexity index is 1140. The molecule has 3 aromatic rings. The topological polar surface area (TPSA) is 74.9 Å². The fraction of sp³-hybridized carbons (Fsp3) is 0.348. The Morgan fingerprint density at radius 2 is 2.09 bits per heavy atom. The molecule has 1 unspecified atom stereocenters. The first-order chi connectivity index (χ1) is 15.1. The molecule has 1 atom stereocenters. The van der Waals surface area contributed by atoms with Gasteiger partial charge in [0.2, 0.25) is 0 Å². The SMILES string of the molecule is Cl.[C-]#[N+]c1ccc2c(N3CCCC(CO)C3)nnc(NCc3ccc(OC)c(Cl)c3)c2c1. The van der Waals surface area contributed by atoms with Crippen molar-refractivity contribution < 1.29 is 9.84 Å². The maximum Gasteiger partial charge on any atom is 0.188 e. The van der Waals surface area contributed by atoms with Crippen LogP contribution in [-0.2, 0) is 6.54 Å². The van der Waals surface area contributed by atoms with Crippen molar-refractivity contribution in [1.82, 2.24) is 10.2 Å². The van der Waals surface area contributed by atoms with E-state index in [1.165, 1.54) is 0 Å². The van der Waals surface area contributed by atoms with Crippen molar-refractivity contribution >= 4 is 52.1 Å². The Morgan fingerprint density at radius 3 is 2.81 bits per heavy atom. The third kappa shape index (κ3) is 4.99. The van der Waals surface area contributed by atoms with Gasteiger partial charge in [-0.2, -0.15) is 0 Å². The van der Waals surface area contributed by atoms with E-state index in [4.69, 9.17) is 22.9 Å². The van der Waals surface area contributed by atoms with E-state index in [0.29, 0.717) is 28.8 Å². The third-order valence-corrected chi connectivity index (χ3v) is 5.92. The van der Waals surface area contributed by atoms with Crippen LogP contribution in [0.1, 0.15) is 18.4 Å². The number of anilines is 2. The summed E-state index contributed by atoms with van der Waals surface area (Å²) in [6.45, 7) is 9.70. The first kappa shape index (κ1) is 23.9. The molecule has 0 radical (unpaired) electrons. The molecule has 0 bridgehead atoms. The summed E-state index contributed by atoms with van der Waals surface area (Å²) in [5.41, 5.74) is 1.53. The monoisotopic (exact) mass is 473 g/mol. The zero-order chi connectivity index (χ0) is 21.8. The van der Waals surface area contributed by atoms with E-state index in [1.54, 1.807) is 13.2 Å². The van der Waals surface area contributed by atoms with Gasteiger partial charge in [-0.3, -0.25) is 0 Å². The van der Waals surface area contributed by atoms with Crippen molar-refractivity contribution in [1.29, 1.82) is 0 Å². The number of hydrogen-bond acceptors (Lipinski definition) is 6. The summed E-state index contributed by atoms with van der Waals surface area (Å²) in [6, 6.07) is 11.2. The summed E-state index contributed by atoms with van der Waals surface area (Å²) < 4.78 is 5.21. The third-order valence-electron chi connectivity index (χ3n) is 5.63. The molecule has 7 nitrogen and oxygen atoms in total. The highest BCUT2D eigenvalue weighted by Gasteiger charge is 2.23. The van der Waals surface area contributed by atoms with Crippen LogP contribution in [-0.4, -0.2) is 42.1 Å². The second kappa shape index (κ2) is 10.7. The van der Waals surface area contributed by atoms with Crippen LogP contribution in [0.4, 0.5) is 17.3 Å². The predicted octanol–water partition coefficient (Wildman–Crippen LogP) is 5.09. The minimum atomic E-state index is 0. The lowest BCUT2D eigenvalue weighted by Crippen LogP contribution is -2.37. The standard InChI is InChI=1S/C23H24ClN5O2.ClH/c1-25-17-6-7-18-19(11-17)22(26-12-15-5-8-21(31-2)20(24)10-15)27-28-23(18)29-9-3-4-16(13-29)14-30;/h5-8,10-11,16,30H,3-4,9,12-14H2,2H3,(H,26,27);1H. The van der Waals surface area contributed by atoms with E-state index in [2.05, 4.69) is 25.3 Å². The number of nitrogens with one attached hydrogen (secondary N) is 1. The molecule has 0 spiro atoms. The molecule has 1 aromatic heterocycles. The summed E-state index contributed by atoms with van der Waals surface area (Å²) >= 11 is 6.24. The average molecular weight is 474 g/mol. The van der Waals surface area contributed by atoms with Crippen molar-refractivity contribution in [3.05, 3.63) is 58.4 Å². The lowest BCUT2D eigenvalue weighted by molar-refractivity contribution is 0.208. The number of aliphatic hydroxyl groups is 1. The van der Waals surface area contributed by atoms with Crippen LogP contribution >= 0.6 is 24.0 Å². The molecule has 0 aliphatic carbocycles. The van der Waals surface area contributed by atoms with Crippen LogP contribution in [0.25, 0.3) is 15.6 Å². The number of benzene rings is 2. The zero-order valence-electron chi connectivity index (χ0n) is 17.7. The summed E-state index contributed by atoms with van der Waals surface area (Å²) in [7, 11) is 1.59. The molecule has 4 rings (SSSR count). The number of ether oxygens (including phenoxy) is 1. The Kier molecular flexibility index (Phi) is 7.97. The fourth-order valence-corrected chi connectivity index (χ4v) is 4.25. The van der Waals surface area contributed by atoms with Gasteiger partial charge in [0.1, 0.15) is 5.75 Å². The van der Waals surface area contributed by atoms with Crippen LogP contribution in [0.15, 0.2) is 36.4 Å². The number of piperidine rings is 1. The van der Waals surface area contributed by atoms with E-state index >= 15 is 0 Å². The molecular formula is C23H25Cl2N5O2. The second-order valence-corrected chi connectivity index (χ2v) is 8.08. The lowest BCUT2D eigenvalue weighted by Gasteiger charge is -2.33. The van der Waals surface area contributed by atoms with Gasteiger partial charge < -0.3 is 20.1 Å². The number of aliphatic hydroxyl groups excluding tert-OH is 1. The minimum absolute atomic E-state index is 0. The van der Waals surface area contributed by atoms with Gasteiger partial charge >= 0.3 is 0 Å². The maximum atomic E-state index is 9.59. The van der Waals surface area contributed by atoms with Crippen LogP contribution in [0.2, 0.25) is 5.02 Å². The Labute approximate surface area is 198 Å². The minimum Gasteiger partial charge on any atom is -0.495 e. The molecule has 32 heavy (non-hydrogen) atoms. The van der Waals surface area contributed by atoms with E-state index in [1.807, 2.05) is 30.3 Å². The van der Waals surface area contributed by atoms with E-state index in [0.717, 1.165) is 48.1 Å². The summed E-state index contributed by atoms with van der Waals surface area (Å²) in [5, 5.41) is 24.2. The summed E-state index contributed by atoms with van der Waals surface area (Å²) in [6.07, 6.45) is 2.02. The number of hydrogen-bond donors (Lipinski definition) is 2. The molecule has 0 amide bonds. The summed E-state index contributed by atoms with van der Waals surface area (Å²) in [5.74, 6) is 2.28. The van der Waals surface area contributed by atoms with Crippen molar-refractivity contribution in [3.63, 3.8) is 0 Å². The number of methoxy groups -OCH3 is 1. The molecule has 168 valence electrons. The summed E-state index contributed by atoms with van der Waals surface area (Å²) in [4.78, 5) is 5.76. The van der Waals surface area contributed by atoms with Gasteiger partial charge in [0.15, 0.2) is 17.3 Å². The molecule has 1 aliphatic heterocycles. The van der Waals surface area contributed by atoms with Crippen LogP contribution in [0.5, 0.6) is 5.75 Å². The van der Waals surface area contributed by atoms with Gasteiger partial charge in [0.25, 0.3) is 0 Å². The predicted molar refractivity (Wildman–Crippen MR) is 130 cm³/mol. The van der Waals surface area contributed by atoms with Gasteiger partial charge in [0, 0.05) is 37.0 Å². The quantitative estimate of drug-likeness (QED) is 0.485. The fourth-order valence-electron chi connectivity index (χ4n) is 3.97. The average Bonchev–Trinajstić information content (AvgIpc) is 2.82. The van der Waals surface area contributed by atoms with Gasteiger partial charge in [-0.05, 0) is 42.5 Å². The van der Waals surface area contributed by atoms with Gasteiger partial charge in [0.05, 0.1) is 18.7 Å². The van der Waals surface area contributed by atoms with Gasteiger partial charge in [-0.1, -0.05) is 29.8 Å². The Morgan fingerprint density at radius 1 is 1.25 bits per heavy atom. The number of aromatic nitrogens is 2. The molecule has 0 saturated carbocycles. The van der Waals surface area contributed by atoms with Crippen LogP contribution in [0.3, 0.4) is 0 Å². The molecule has 1 fully saturated rings. The molecule has 2 aromatic carbocycles. The van der Waals surface area contributed by atoms with Crippen LogP contribution < -0.4 is 15.0 Å². The second-order valence-electron chi connectivity index (χ2n) is 7.67. The van der Waals surface area contributed by atoms with E-state index in [9.17, 15) is 5.11 Å². The molecule has 2 heterocycles. The van der Waals surface area contributed by atoms with Crippen molar-refractivity contribution in [3.8, 4) is 5.75 Å². The number of halogens is 2. The molecule has 1 saturated heterocycles. The van der Waals surface area contributed by atoms with Crippen molar-refractivity contribution in [2.24, 2.45) is 5.92 Å². The lowest BCUT2D eigenvalue weighted by atomic mass is 9.98. The molecule has 1 aliphatic rings. The largest absolute Gasteiger partial charge is 0.495 e. The number of fused-ring (bicyclic) bond motifs is 1. The van der Waals surface area contributed by atoms with Crippen LogP contribution in [0, 0.1) is 12.5 Å². The van der Waals surface area contributed by atoms with E-state index in [-0.39, 0.29) is 24.9 Å². The highest BCUT2D eigenvalue weighted by Crippen LogP contribution is 2.34. The Balaban J connectivity index is 0.00000289. The van der Waals surface area contributed by atoms with Gasteiger partial charge in [-0.25, -0.2) is 4.85 Å². The molecule has 2 N–H and O–H groups in total. The maximum absolute atomic E-state index is 9.59. The van der Waals surface area contributed by atoms with Crippen molar-refractivity contribution in [2.75, 3.05) is 37.0 Å². The smallest absolute Gasteiger partial charge is 0.188 e. The van der Waals surface area contributed by atoms with Gasteiger partial charge in [-0.15, -0.1) is 22.6 Å². The molecular weight excluding hydrogens is 449 g/mol. The molecule has 9 heteroatoms. The number of rotatable bonds is 6. The first-order valence-electron chi connectivity index (χ1n) is 10.2. The highest BCUT2D eigenvalue weighted by molar-refractivity contribution is 6.32. The normalized spacial score (nSPS) is 15.7. The Hall–Kier alpha value is -2.79. The van der Waals surface area contributed by atoms with E-state index < -0.39 is 0 Å². The first-order valence-corrected chi connectivity index (χ1v) is 10.6. The number of nitrogens with zero attached hydrogens (tertiary/aromatic N) is 4. The zero-order valence-corrected chi connectivity index (χ0v) is 19.3. The van der Waals surface area contributed by atoms with Crippen molar-refractivity contribution in [2.45, 2.75) is 19.4 Å².